The summed E-state index contributed by atoms with van der Waals surface area (Å²) in [5.74, 6) is 2.21. The number of aromatic amines is 1. The quantitative estimate of drug-likeness (QED) is 0.478. The Hall–Kier alpha value is -2.93. The number of rotatable bonds is 8. The molecule has 0 amide bonds. The SMILES string of the molecule is CCCOc1ccc(C=Nn2c(COc3ccccc3)n[nH]c2=S)cc1. The molecule has 0 saturated heterocycles. The van der Waals surface area contributed by atoms with Crippen LogP contribution in [0.1, 0.15) is 24.7 Å². The predicted molar refractivity (Wildman–Crippen MR) is 103 cm³/mol. The molecule has 0 atom stereocenters. The summed E-state index contributed by atoms with van der Waals surface area (Å²) in [7, 11) is 0. The molecule has 3 rings (SSSR count). The van der Waals surface area contributed by atoms with Gasteiger partial charge in [-0.05, 0) is 60.6 Å². The summed E-state index contributed by atoms with van der Waals surface area (Å²) in [4.78, 5) is 0. The van der Waals surface area contributed by atoms with Gasteiger partial charge in [0, 0.05) is 0 Å². The maximum Gasteiger partial charge on any atom is 0.216 e. The molecule has 1 aromatic heterocycles. The lowest BCUT2D eigenvalue weighted by molar-refractivity contribution is 0.290. The van der Waals surface area contributed by atoms with Gasteiger partial charge in [0.05, 0.1) is 12.8 Å². The van der Waals surface area contributed by atoms with Gasteiger partial charge in [0.25, 0.3) is 0 Å². The van der Waals surface area contributed by atoms with Crippen LogP contribution in [0, 0.1) is 4.77 Å². The molecule has 1 N–H and O–H groups in total. The van der Waals surface area contributed by atoms with E-state index >= 15 is 0 Å². The van der Waals surface area contributed by atoms with E-state index in [0.717, 1.165) is 23.5 Å². The van der Waals surface area contributed by atoms with Crippen LogP contribution >= 0.6 is 12.2 Å². The Bertz CT molecular complexity index is 901. The molecular formula is C19H20N4O2S. The van der Waals surface area contributed by atoms with Crippen molar-refractivity contribution in [2.75, 3.05) is 6.61 Å². The molecule has 0 aliphatic heterocycles. The average Bonchev–Trinajstić information content (AvgIpc) is 3.04. The van der Waals surface area contributed by atoms with Gasteiger partial charge in [-0.1, -0.05) is 25.1 Å². The minimum absolute atomic E-state index is 0.262. The molecule has 0 aliphatic carbocycles. The Morgan fingerprint density at radius 1 is 1.08 bits per heavy atom. The van der Waals surface area contributed by atoms with Gasteiger partial charge >= 0.3 is 0 Å². The molecule has 7 heteroatoms. The van der Waals surface area contributed by atoms with Crippen molar-refractivity contribution in [1.82, 2.24) is 14.9 Å². The van der Waals surface area contributed by atoms with E-state index < -0.39 is 0 Å². The third-order valence-electron chi connectivity index (χ3n) is 3.50. The van der Waals surface area contributed by atoms with E-state index in [1.807, 2.05) is 54.6 Å². The summed E-state index contributed by atoms with van der Waals surface area (Å²) in [6, 6.07) is 17.3. The highest BCUT2D eigenvalue weighted by atomic mass is 32.1. The highest BCUT2D eigenvalue weighted by molar-refractivity contribution is 7.71. The highest BCUT2D eigenvalue weighted by Gasteiger charge is 2.06. The van der Waals surface area contributed by atoms with Crippen LogP contribution in [0.2, 0.25) is 0 Å². The van der Waals surface area contributed by atoms with E-state index in [-0.39, 0.29) is 6.61 Å². The summed E-state index contributed by atoms with van der Waals surface area (Å²) in [5, 5.41) is 11.3. The average molecular weight is 368 g/mol. The number of nitrogens with one attached hydrogen (secondary N) is 1. The molecule has 0 spiro atoms. The fourth-order valence-electron chi connectivity index (χ4n) is 2.20. The molecule has 26 heavy (non-hydrogen) atoms. The largest absolute Gasteiger partial charge is 0.494 e. The van der Waals surface area contributed by atoms with E-state index in [1.54, 1.807) is 10.9 Å². The van der Waals surface area contributed by atoms with Crippen molar-refractivity contribution < 1.29 is 9.47 Å². The topological polar surface area (TPSA) is 64.4 Å². The molecule has 0 saturated carbocycles. The molecule has 134 valence electrons. The van der Waals surface area contributed by atoms with Crippen molar-refractivity contribution in [2.45, 2.75) is 20.0 Å². The van der Waals surface area contributed by atoms with Crippen LogP contribution in [0.3, 0.4) is 0 Å². The van der Waals surface area contributed by atoms with Crippen molar-refractivity contribution in [3.05, 3.63) is 70.8 Å². The van der Waals surface area contributed by atoms with E-state index in [4.69, 9.17) is 21.7 Å². The molecular weight excluding hydrogens is 348 g/mol. The normalized spacial score (nSPS) is 11.0. The Morgan fingerprint density at radius 3 is 2.54 bits per heavy atom. The molecule has 0 unspecified atom stereocenters. The minimum atomic E-state index is 0.262. The van der Waals surface area contributed by atoms with Crippen LogP contribution in [0.4, 0.5) is 0 Å². The Kier molecular flexibility index (Phi) is 6.16. The second kappa shape index (κ2) is 8.96. The van der Waals surface area contributed by atoms with Crippen molar-refractivity contribution in [1.29, 1.82) is 0 Å². The fraction of sp³-hybridized carbons (Fsp3) is 0.211. The van der Waals surface area contributed by atoms with Gasteiger partial charge in [0.15, 0.2) is 5.82 Å². The van der Waals surface area contributed by atoms with E-state index in [9.17, 15) is 0 Å². The van der Waals surface area contributed by atoms with Crippen molar-refractivity contribution in [3.63, 3.8) is 0 Å². The summed E-state index contributed by atoms with van der Waals surface area (Å²) < 4.78 is 13.3. The van der Waals surface area contributed by atoms with Crippen LogP contribution in [-0.2, 0) is 6.61 Å². The van der Waals surface area contributed by atoms with Gasteiger partial charge in [-0.3, -0.25) is 0 Å². The molecule has 2 aromatic carbocycles. The Morgan fingerprint density at radius 2 is 1.81 bits per heavy atom. The van der Waals surface area contributed by atoms with Crippen LogP contribution in [-0.4, -0.2) is 27.7 Å². The zero-order valence-corrected chi connectivity index (χ0v) is 15.3. The first-order valence-electron chi connectivity index (χ1n) is 8.37. The van der Waals surface area contributed by atoms with Crippen LogP contribution in [0.5, 0.6) is 11.5 Å². The second-order valence-corrected chi connectivity index (χ2v) is 5.91. The lowest BCUT2D eigenvalue weighted by Gasteiger charge is -2.05. The summed E-state index contributed by atoms with van der Waals surface area (Å²) in [6.07, 6.45) is 2.71. The third kappa shape index (κ3) is 4.80. The number of H-pyrrole nitrogens is 1. The maximum absolute atomic E-state index is 5.71. The number of aromatic nitrogens is 3. The number of benzene rings is 2. The highest BCUT2D eigenvalue weighted by Crippen LogP contribution is 2.13. The van der Waals surface area contributed by atoms with Crippen LogP contribution in [0.15, 0.2) is 59.7 Å². The van der Waals surface area contributed by atoms with Crippen LogP contribution in [0.25, 0.3) is 0 Å². The first-order valence-corrected chi connectivity index (χ1v) is 8.78. The zero-order valence-electron chi connectivity index (χ0n) is 14.5. The first-order chi connectivity index (χ1) is 12.8. The van der Waals surface area contributed by atoms with Crippen molar-refractivity contribution >= 4 is 18.4 Å². The smallest absolute Gasteiger partial charge is 0.216 e. The number of ether oxygens (including phenoxy) is 2. The monoisotopic (exact) mass is 368 g/mol. The van der Waals surface area contributed by atoms with Gasteiger partial charge in [-0.15, -0.1) is 0 Å². The summed E-state index contributed by atoms with van der Waals surface area (Å²) in [5.41, 5.74) is 0.937. The lowest BCUT2D eigenvalue weighted by Crippen LogP contribution is -2.04. The predicted octanol–water partition coefficient (Wildman–Crippen LogP) is 4.19. The summed E-state index contributed by atoms with van der Waals surface area (Å²) >= 11 is 5.24. The van der Waals surface area contributed by atoms with Crippen LogP contribution < -0.4 is 9.47 Å². The number of hydrogen-bond donors (Lipinski definition) is 1. The third-order valence-corrected chi connectivity index (χ3v) is 3.77. The first kappa shape index (κ1) is 17.9. The van der Waals surface area contributed by atoms with Gasteiger partial charge in [-0.2, -0.15) is 14.9 Å². The van der Waals surface area contributed by atoms with E-state index in [2.05, 4.69) is 22.2 Å². The standard InChI is InChI=1S/C19H20N4O2S/c1-2-12-24-17-10-8-15(9-11-17)13-20-23-18(21-22-19(23)26)14-25-16-6-4-3-5-7-16/h3-11,13H,2,12,14H2,1H3,(H,22,26). The van der Waals surface area contributed by atoms with Crippen molar-refractivity contribution in [3.8, 4) is 11.5 Å². The molecule has 0 bridgehead atoms. The number of hydrogen-bond acceptors (Lipinski definition) is 5. The molecule has 0 aliphatic rings. The van der Waals surface area contributed by atoms with Gasteiger partial charge in [0.1, 0.15) is 18.1 Å². The molecule has 0 radical (unpaired) electrons. The van der Waals surface area contributed by atoms with E-state index in [0.29, 0.717) is 17.2 Å². The van der Waals surface area contributed by atoms with Gasteiger partial charge in [0.2, 0.25) is 4.77 Å². The molecule has 3 aromatic rings. The van der Waals surface area contributed by atoms with E-state index in [1.165, 1.54) is 0 Å². The minimum Gasteiger partial charge on any atom is -0.494 e. The van der Waals surface area contributed by atoms with Crippen molar-refractivity contribution in [2.24, 2.45) is 5.10 Å². The van der Waals surface area contributed by atoms with Gasteiger partial charge in [-0.25, -0.2) is 5.10 Å². The zero-order chi connectivity index (χ0) is 18.2. The molecule has 1 heterocycles. The van der Waals surface area contributed by atoms with Gasteiger partial charge < -0.3 is 9.47 Å². The fourth-order valence-corrected chi connectivity index (χ4v) is 2.39. The number of nitrogens with zero attached hydrogens (tertiary/aromatic N) is 3. The lowest BCUT2D eigenvalue weighted by atomic mass is 10.2. The Balaban J connectivity index is 1.68. The summed E-state index contributed by atoms with van der Waals surface area (Å²) in [6.45, 7) is 3.05. The molecule has 6 nitrogen and oxygen atoms in total. The Labute approximate surface area is 157 Å². The second-order valence-electron chi connectivity index (χ2n) is 5.52. The molecule has 0 fully saturated rings. The maximum atomic E-state index is 5.71. The number of para-hydroxylation sites is 1.